The Balaban J connectivity index is 2.15. The summed E-state index contributed by atoms with van der Waals surface area (Å²) in [5.41, 5.74) is 6.46. The summed E-state index contributed by atoms with van der Waals surface area (Å²) in [5.74, 6) is -0.219. The molecule has 1 aliphatic rings. The molecule has 4 N–H and O–H groups in total. The second kappa shape index (κ2) is 4.74. The zero-order valence-electron chi connectivity index (χ0n) is 11.0. The van der Waals surface area contributed by atoms with Crippen LogP contribution in [0.3, 0.4) is 0 Å². The Kier molecular flexibility index (Phi) is 3.25. The molecule has 112 valence electrons. The van der Waals surface area contributed by atoms with Gasteiger partial charge in [0.1, 0.15) is 5.25 Å². The zero-order chi connectivity index (χ0) is 15.3. The highest BCUT2D eigenvalue weighted by Gasteiger charge is 2.43. The maximum atomic E-state index is 12.7. The van der Waals surface area contributed by atoms with E-state index in [1.54, 1.807) is 30.3 Å². The van der Waals surface area contributed by atoms with Crippen molar-refractivity contribution in [2.75, 3.05) is 11.5 Å². The Morgan fingerprint density at radius 1 is 1.10 bits per heavy atom. The van der Waals surface area contributed by atoms with Gasteiger partial charge in [-0.05, 0) is 29.8 Å². The van der Waals surface area contributed by atoms with Crippen LogP contribution in [0.25, 0.3) is 0 Å². The highest BCUT2D eigenvalue weighted by atomic mass is 32.3. The highest BCUT2D eigenvalue weighted by Crippen LogP contribution is 2.61. The third kappa shape index (κ3) is 2.32. The highest BCUT2D eigenvalue weighted by molar-refractivity contribution is 8.25. The standard InChI is InChI=1S/C14H15NO4S2/c15-10-6-7-12-13(8-10)20(16,17)9-14(12)21(18,19)11-4-2-1-3-5-11/h1-8,14,16-17H,9,15H2. The van der Waals surface area contributed by atoms with Gasteiger partial charge < -0.3 is 5.73 Å². The van der Waals surface area contributed by atoms with Crippen molar-refractivity contribution in [1.29, 1.82) is 0 Å². The van der Waals surface area contributed by atoms with Gasteiger partial charge in [0.25, 0.3) is 0 Å². The van der Waals surface area contributed by atoms with Crippen LogP contribution in [-0.2, 0) is 9.84 Å². The predicted molar refractivity (Wildman–Crippen MR) is 83.2 cm³/mol. The molecule has 0 aromatic heterocycles. The molecule has 0 radical (unpaired) electrons. The molecule has 2 aromatic carbocycles. The minimum atomic E-state index is -3.68. The topological polar surface area (TPSA) is 101 Å². The van der Waals surface area contributed by atoms with Gasteiger partial charge in [0.15, 0.2) is 9.84 Å². The summed E-state index contributed by atoms with van der Waals surface area (Å²) in [7, 11) is -6.80. The molecule has 7 heteroatoms. The van der Waals surface area contributed by atoms with Crippen LogP contribution in [0, 0.1) is 0 Å². The molecule has 1 aliphatic heterocycles. The maximum absolute atomic E-state index is 12.7. The molecule has 2 aromatic rings. The normalized spacial score (nSPS) is 21.7. The predicted octanol–water partition coefficient (Wildman–Crippen LogP) is 2.91. The molecule has 0 amide bonds. The van der Waals surface area contributed by atoms with Crippen molar-refractivity contribution in [3.8, 4) is 0 Å². The third-order valence-corrected chi connectivity index (χ3v) is 7.73. The number of fused-ring (bicyclic) bond motifs is 1. The quantitative estimate of drug-likeness (QED) is 0.737. The summed E-state index contributed by atoms with van der Waals surface area (Å²) in [6.45, 7) is 0. The number of hydrogen-bond acceptors (Lipinski definition) is 5. The average Bonchev–Trinajstić information content (AvgIpc) is 2.72. The van der Waals surface area contributed by atoms with E-state index in [4.69, 9.17) is 5.73 Å². The van der Waals surface area contributed by atoms with Gasteiger partial charge in [0.05, 0.1) is 15.5 Å². The van der Waals surface area contributed by atoms with Crippen LogP contribution in [-0.4, -0.2) is 23.3 Å². The first-order chi connectivity index (χ1) is 9.82. The van der Waals surface area contributed by atoms with Crippen LogP contribution in [0.15, 0.2) is 58.3 Å². The maximum Gasteiger partial charge on any atom is 0.187 e. The molecule has 0 aliphatic carbocycles. The number of rotatable bonds is 2. The first-order valence-corrected chi connectivity index (χ1v) is 9.53. The first-order valence-electron chi connectivity index (χ1n) is 6.27. The summed E-state index contributed by atoms with van der Waals surface area (Å²) in [4.78, 5) is 0.418. The Hall–Kier alpha value is -1.54. The fourth-order valence-electron chi connectivity index (χ4n) is 2.52. The van der Waals surface area contributed by atoms with E-state index in [2.05, 4.69) is 0 Å². The molecule has 1 atom stereocenters. The first kappa shape index (κ1) is 14.4. The Morgan fingerprint density at radius 2 is 1.76 bits per heavy atom. The van der Waals surface area contributed by atoms with Crippen LogP contribution >= 0.6 is 10.6 Å². The summed E-state index contributed by atoms with van der Waals surface area (Å²) in [6, 6.07) is 12.6. The van der Waals surface area contributed by atoms with Gasteiger partial charge >= 0.3 is 0 Å². The monoisotopic (exact) mass is 325 g/mol. The third-order valence-electron chi connectivity index (χ3n) is 3.57. The fourth-order valence-corrected chi connectivity index (χ4v) is 6.98. The molecule has 5 nitrogen and oxygen atoms in total. The zero-order valence-corrected chi connectivity index (χ0v) is 12.6. The number of nitrogens with two attached hydrogens (primary N) is 1. The Bertz CT molecular complexity index is 788. The second-order valence-electron chi connectivity index (χ2n) is 4.98. The Labute approximate surface area is 124 Å². The summed E-state index contributed by atoms with van der Waals surface area (Å²) in [5, 5.41) is -0.958. The molecule has 1 unspecified atom stereocenters. The number of nitrogen functional groups attached to an aromatic ring is 1. The molecule has 21 heavy (non-hydrogen) atoms. The summed E-state index contributed by atoms with van der Waals surface area (Å²) in [6.07, 6.45) is 0. The van der Waals surface area contributed by atoms with Crippen LogP contribution in [0.2, 0.25) is 0 Å². The van der Waals surface area contributed by atoms with Gasteiger partial charge in [0.2, 0.25) is 0 Å². The molecule has 0 saturated heterocycles. The smallest absolute Gasteiger partial charge is 0.187 e. The van der Waals surface area contributed by atoms with E-state index < -0.39 is 25.7 Å². The molecule has 0 saturated carbocycles. The van der Waals surface area contributed by atoms with Crippen molar-refractivity contribution in [3.63, 3.8) is 0 Å². The lowest BCUT2D eigenvalue weighted by Gasteiger charge is -2.27. The van der Waals surface area contributed by atoms with E-state index in [0.717, 1.165) is 0 Å². The SMILES string of the molecule is Nc1ccc2c(c1)S(O)(O)CC2S(=O)(=O)c1ccccc1. The van der Waals surface area contributed by atoms with Gasteiger partial charge in [-0.15, -0.1) is 0 Å². The van der Waals surface area contributed by atoms with E-state index in [1.807, 2.05) is 0 Å². The van der Waals surface area contributed by atoms with E-state index in [0.29, 0.717) is 11.3 Å². The molecule has 0 bridgehead atoms. The minimum absolute atomic E-state index is 0.176. The number of hydrogen-bond donors (Lipinski definition) is 3. The van der Waals surface area contributed by atoms with Crippen LogP contribution in [0.4, 0.5) is 5.69 Å². The number of anilines is 1. The van der Waals surface area contributed by atoms with Gasteiger partial charge in [-0.1, -0.05) is 24.3 Å². The van der Waals surface area contributed by atoms with Crippen molar-refractivity contribution in [2.24, 2.45) is 0 Å². The molecule has 3 rings (SSSR count). The Morgan fingerprint density at radius 3 is 2.43 bits per heavy atom. The lowest BCUT2D eigenvalue weighted by Crippen LogP contribution is -2.15. The lowest BCUT2D eigenvalue weighted by molar-refractivity contribution is 0.491. The molecule has 0 spiro atoms. The number of benzene rings is 2. The van der Waals surface area contributed by atoms with E-state index in [1.165, 1.54) is 18.2 Å². The van der Waals surface area contributed by atoms with Crippen molar-refractivity contribution < 1.29 is 17.5 Å². The molecule has 1 heterocycles. The van der Waals surface area contributed by atoms with Crippen LogP contribution < -0.4 is 5.73 Å². The minimum Gasteiger partial charge on any atom is -0.399 e. The number of sulfone groups is 1. The average molecular weight is 325 g/mol. The van der Waals surface area contributed by atoms with Crippen LogP contribution in [0.5, 0.6) is 0 Å². The van der Waals surface area contributed by atoms with E-state index in [9.17, 15) is 17.5 Å². The van der Waals surface area contributed by atoms with E-state index in [-0.39, 0.29) is 15.5 Å². The summed E-state index contributed by atoms with van der Waals surface area (Å²) < 4.78 is 45.8. The summed E-state index contributed by atoms with van der Waals surface area (Å²) >= 11 is 0. The molecular formula is C14H15NO4S2. The van der Waals surface area contributed by atoms with E-state index >= 15 is 0 Å². The second-order valence-corrected chi connectivity index (χ2v) is 9.21. The molecule has 0 fully saturated rings. The van der Waals surface area contributed by atoms with Gasteiger partial charge in [-0.2, -0.15) is 10.6 Å². The lowest BCUT2D eigenvalue weighted by atomic mass is 10.1. The van der Waals surface area contributed by atoms with Crippen molar-refractivity contribution in [2.45, 2.75) is 15.0 Å². The fraction of sp³-hybridized carbons (Fsp3) is 0.143. The van der Waals surface area contributed by atoms with Crippen molar-refractivity contribution in [1.82, 2.24) is 0 Å². The van der Waals surface area contributed by atoms with Crippen LogP contribution in [0.1, 0.15) is 10.8 Å². The largest absolute Gasteiger partial charge is 0.399 e. The van der Waals surface area contributed by atoms with Gasteiger partial charge in [-0.3, -0.25) is 9.11 Å². The van der Waals surface area contributed by atoms with Crippen molar-refractivity contribution >= 4 is 26.1 Å². The van der Waals surface area contributed by atoms with Gasteiger partial charge in [-0.25, -0.2) is 8.42 Å². The van der Waals surface area contributed by atoms with Crippen molar-refractivity contribution in [3.05, 3.63) is 54.1 Å². The van der Waals surface area contributed by atoms with Gasteiger partial charge in [0, 0.05) is 5.69 Å². The molecular weight excluding hydrogens is 310 g/mol.